The summed E-state index contributed by atoms with van der Waals surface area (Å²) in [6.07, 6.45) is 5.88. The molecule has 0 aromatic carbocycles. The zero-order valence-corrected chi connectivity index (χ0v) is 21.7. The predicted molar refractivity (Wildman–Crippen MR) is 140 cm³/mol. The summed E-state index contributed by atoms with van der Waals surface area (Å²) >= 11 is 0. The number of rotatable bonds is 7. The third-order valence-electron chi connectivity index (χ3n) is 6.59. The number of pyridine rings is 3. The molecule has 0 unspecified atom stereocenters. The molecule has 5 rings (SSSR count). The number of nitrogens with zero attached hydrogens (tertiary/aromatic N) is 4. The molecule has 1 aliphatic heterocycles. The first-order chi connectivity index (χ1) is 17.7. The highest BCUT2D eigenvalue weighted by Gasteiger charge is 2.25. The molecule has 0 amide bonds. The zero-order valence-electron chi connectivity index (χ0n) is 20.9. The van der Waals surface area contributed by atoms with E-state index in [1.165, 1.54) is 12.3 Å². The van der Waals surface area contributed by atoms with Crippen molar-refractivity contribution in [1.82, 2.24) is 15.0 Å². The van der Waals surface area contributed by atoms with Gasteiger partial charge >= 0.3 is 0 Å². The van der Waals surface area contributed by atoms with Crippen molar-refractivity contribution >= 4 is 38.2 Å². The first kappa shape index (κ1) is 25.4. The van der Waals surface area contributed by atoms with Crippen LogP contribution in [0.4, 0.5) is 21.7 Å². The molecule has 1 aliphatic carbocycles. The van der Waals surface area contributed by atoms with Crippen molar-refractivity contribution in [2.24, 2.45) is 0 Å². The summed E-state index contributed by atoms with van der Waals surface area (Å²) in [5, 5.41) is 4.05. The van der Waals surface area contributed by atoms with Crippen LogP contribution in [0, 0.1) is 12.7 Å². The van der Waals surface area contributed by atoms with Crippen molar-refractivity contribution in [2.45, 2.75) is 44.8 Å². The number of hydrogen-bond acceptors (Lipinski definition) is 9. The van der Waals surface area contributed by atoms with Gasteiger partial charge in [-0.3, -0.25) is 9.71 Å². The molecule has 3 aromatic heterocycles. The lowest BCUT2D eigenvalue weighted by atomic mass is 9.93. The maximum Gasteiger partial charge on any atom is 0.229 e. The molecule has 0 bridgehead atoms. The molecule has 1 saturated carbocycles. The van der Waals surface area contributed by atoms with Crippen molar-refractivity contribution in [3.05, 3.63) is 42.0 Å². The highest BCUT2D eigenvalue weighted by atomic mass is 32.2. The standard InChI is InChI=1S/C25H31FN6O4S/c1-16-21(26)7-8-23(28-16)29-17-3-5-19(6-4-17)36-25-20-13-18(31-37(2,33)34)15-27-22(20)14-24(30-25)32-9-11-35-12-10-32/h7-8,13-15,17,19,31H,3-6,9-12H2,1-2H3,(H,28,29). The number of aromatic nitrogens is 3. The van der Waals surface area contributed by atoms with Crippen molar-refractivity contribution in [3.8, 4) is 5.88 Å². The molecule has 4 heterocycles. The van der Waals surface area contributed by atoms with Crippen LogP contribution in [0.3, 0.4) is 0 Å². The van der Waals surface area contributed by atoms with Crippen molar-refractivity contribution in [1.29, 1.82) is 0 Å². The number of fused-ring (bicyclic) bond motifs is 1. The van der Waals surface area contributed by atoms with Crippen molar-refractivity contribution < 1.29 is 22.3 Å². The van der Waals surface area contributed by atoms with E-state index in [2.05, 4.69) is 24.9 Å². The fourth-order valence-corrected chi connectivity index (χ4v) is 5.25. The summed E-state index contributed by atoms with van der Waals surface area (Å²) in [5.41, 5.74) is 1.41. The van der Waals surface area contributed by atoms with Gasteiger partial charge in [-0.05, 0) is 50.8 Å². The van der Waals surface area contributed by atoms with Gasteiger partial charge < -0.3 is 19.7 Å². The van der Waals surface area contributed by atoms with E-state index < -0.39 is 10.0 Å². The number of aryl methyl sites for hydroxylation is 1. The molecular weight excluding hydrogens is 499 g/mol. The molecule has 2 aliphatic rings. The maximum absolute atomic E-state index is 13.5. The quantitative estimate of drug-likeness (QED) is 0.473. The summed E-state index contributed by atoms with van der Waals surface area (Å²) in [6.45, 7) is 4.35. The van der Waals surface area contributed by atoms with E-state index in [9.17, 15) is 12.8 Å². The number of nitrogens with one attached hydrogen (secondary N) is 2. The topological polar surface area (TPSA) is 119 Å². The molecule has 0 radical (unpaired) electrons. The Labute approximate surface area is 215 Å². The Morgan fingerprint density at radius 3 is 2.57 bits per heavy atom. The largest absolute Gasteiger partial charge is 0.474 e. The number of morpholine rings is 1. The number of sulfonamides is 1. The summed E-state index contributed by atoms with van der Waals surface area (Å²) in [5.74, 6) is 1.56. The van der Waals surface area contributed by atoms with E-state index in [-0.39, 0.29) is 18.0 Å². The van der Waals surface area contributed by atoms with E-state index in [1.807, 2.05) is 6.07 Å². The number of hydrogen-bond donors (Lipinski definition) is 2. The summed E-state index contributed by atoms with van der Waals surface area (Å²) in [7, 11) is -3.45. The lowest BCUT2D eigenvalue weighted by molar-refractivity contribution is 0.122. The van der Waals surface area contributed by atoms with Crippen LogP contribution in [-0.2, 0) is 14.8 Å². The minimum atomic E-state index is -3.45. The fourth-order valence-electron chi connectivity index (χ4n) is 4.71. The Balaban J connectivity index is 1.34. The van der Waals surface area contributed by atoms with Crippen LogP contribution in [0.15, 0.2) is 30.5 Å². The summed E-state index contributed by atoms with van der Waals surface area (Å²) in [4.78, 5) is 15.7. The first-order valence-electron chi connectivity index (χ1n) is 12.4. The van der Waals surface area contributed by atoms with Gasteiger partial charge in [0.05, 0.1) is 48.0 Å². The van der Waals surface area contributed by atoms with Crippen LogP contribution in [0.2, 0.25) is 0 Å². The van der Waals surface area contributed by atoms with Crippen molar-refractivity contribution in [2.75, 3.05) is 47.5 Å². The third-order valence-corrected chi connectivity index (χ3v) is 7.20. The van der Waals surface area contributed by atoms with E-state index in [1.54, 1.807) is 19.1 Å². The molecular formula is C25H31FN6O4S. The third kappa shape index (κ3) is 6.37. The van der Waals surface area contributed by atoms with E-state index in [0.29, 0.717) is 47.2 Å². The van der Waals surface area contributed by atoms with Crippen molar-refractivity contribution in [3.63, 3.8) is 0 Å². The minimum absolute atomic E-state index is 0.0527. The lowest BCUT2D eigenvalue weighted by Crippen LogP contribution is -2.37. The lowest BCUT2D eigenvalue weighted by Gasteiger charge is -2.31. The van der Waals surface area contributed by atoms with Gasteiger partial charge in [0, 0.05) is 25.2 Å². The Kier molecular flexibility index (Phi) is 7.29. The highest BCUT2D eigenvalue weighted by Crippen LogP contribution is 2.33. The molecule has 0 atom stereocenters. The van der Waals surface area contributed by atoms with Crippen LogP contribution in [0.1, 0.15) is 31.4 Å². The second-order valence-corrected chi connectivity index (χ2v) is 11.3. The molecule has 0 spiro atoms. The molecule has 37 heavy (non-hydrogen) atoms. The molecule has 2 N–H and O–H groups in total. The Hall–Kier alpha value is -3.25. The average molecular weight is 531 g/mol. The number of halogens is 1. The molecule has 10 nitrogen and oxygen atoms in total. The number of ether oxygens (including phenoxy) is 2. The second kappa shape index (κ2) is 10.6. The smallest absolute Gasteiger partial charge is 0.229 e. The minimum Gasteiger partial charge on any atom is -0.474 e. The first-order valence-corrected chi connectivity index (χ1v) is 14.3. The second-order valence-electron chi connectivity index (χ2n) is 9.55. The van der Waals surface area contributed by atoms with Gasteiger partial charge in [-0.25, -0.2) is 17.8 Å². The Morgan fingerprint density at radius 2 is 1.86 bits per heavy atom. The van der Waals surface area contributed by atoms with Gasteiger partial charge in [-0.1, -0.05) is 0 Å². The zero-order chi connectivity index (χ0) is 26.0. The molecule has 2 fully saturated rings. The van der Waals surface area contributed by atoms with Crippen LogP contribution < -0.4 is 19.7 Å². The van der Waals surface area contributed by atoms with E-state index in [0.717, 1.165) is 50.8 Å². The van der Waals surface area contributed by atoms with Gasteiger partial charge in [0.1, 0.15) is 23.6 Å². The molecule has 1 saturated heterocycles. The molecule has 12 heteroatoms. The van der Waals surface area contributed by atoms with Crippen LogP contribution in [0.25, 0.3) is 10.9 Å². The van der Waals surface area contributed by atoms with Gasteiger partial charge in [0.2, 0.25) is 15.9 Å². The maximum atomic E-state index is 13.5. The number of anilines is 3. The highest BCUT2D eigenvalue weighted by molar-refractivity contribution is 7.92. The van der Waals surface area contributed by atoms with Crippen LogP contribution in [0.5, 0.6) is 5.88 Å². The fraction of sp³-hybridized carbons (Fsp3) is 0.480. The SMILES string of the molecule is Cc1nc(NC2CCC(Oc3nc(N4CCOCC4)cc4ncc(NS(C)(=O)=O)cc34)CC2)ccc1F. The average Bonchev–Trinajstić information content (AvgIpc) is 2.87. The summed E-state index contributed by atoms with van der Waals surface area (Å²) in [6, 6.07) is 6.92. The van der Waals surface area contributed by atoms with Crippen LogP contribution in [-0.4, -0.2) is 68.1 Å². The monoisotopic (exact) mass is 530 g/mol. The Bertz CT molecular complexity index is 1380. The summed E-state index contributed by atoms with van der Waals surface area (Å²) < 4.78 is 51.5. The van der Waals surface area contributed by atoms with Gasteiger partial charge in [-0.2, -0.15) is 4.98 Å². The Morgan fingerprint density at radius 1 is 1.11 bits per heavy atom. The van der Waals surface area contributed by atoms with Crippen LogP contribution >= 0.6 is 0 Å². The van der Waals surface area contributed by atoms with Gasteiger partial charge in [0.15, 0.2) is 0 Å². The van der Waals surface area contributed by atoms with E-state index in [4.69, 9.17) is 14.5 Å². The molecule has 3 aromatic rings. The predicted octanol–water partition coefficient (Wildman–Crippen LogP) is 3.48. The normalized spacial score (nSPS) is 20.6. The van der Waals surface area contributed by atoms with E-state index >= 15 is 0 Å². The molecule has 198 valence electrons. The van der Waals surface area contributed by atoms with Gasteiger partial charge in [0.25, 0.3) is 0 Å². The van der Waals surface area contributed by atoms with Gasteiger partial charge in [-0.15, -0.1) is 0 Å².